The molecule has 16 heavy (non-hydrogen) atoms. The quantitative estimate of drug-likeness (QED) is 0.773. The van der Waals surface area contributed by atoms with Gasteiger partial charge in [0.05, 0.1) is 12.7 Å². The van der Waals surface area contributed by atoms with Crippen molar-refractivity contribution < 1.29 is 9.47 Å². The molecule has 3 rings (SSSR count). The summed E-state index contributed by atoms with van der Waals surface area (Å²) in [6.07, 6.45) is 1.48. The molecule has 1 aromatic rings. The number of hydrogen-bond donors (Lipinski definition) is 0. The molecule has 1 aliphatic heterocycles. The van der Waals surface area contributed by atoms with Crippen LogP contribution in [0.25, 0.3) is 5.57 Å². The van der Waals surface area contributed by atoms with Crippen molar-refractivity contribution in [3.63, 3.8) is 0 Å². The smallest absolute Gasteiger partial charge is 0.0882 e. The molecule has 0 aromatic heterocycles. The molecular weight excluding hydrogens is 200 g/mol. The Labute approximate surface area is 95.9 Å². The Kier molecular flexibility index (Phi) is 2.54. The first-order chi connectivity index (χ1) is 7.92. The van der Waals surface area contributed by atoms with Crippen molar-refractivity contribution in [2.45, 2.75) is 12.5 Å². The first kappa shape index (κ1) is 10.1. The molecule has 2 nitrogen and oxygen atoms in total. The zero-order chi connectivity index (χ0) is 11.0. The molecule has 0 saturated carbocycles. The number of ether oxygens (including phenoxy) is 2. The topological polar surface area (TPSA) is 18.5 Å². The minimum atomic E-state index is 0.329. The molecule has 0 spiro atoms. The fraction of sp³-hybridized carbons (Fsp3) is 0.429. The van der Waals surface area contributed by atoms with E-state index < -0.39 is 0 Å². The maximum atomic E-state index is 5.73. The first-order valence-corrected chi connectivity index (χ1v) is 5.80. The Morgan fingerprint density at radius 3 is 2.88 bits per heavy atom. The van der Waals surface area contributed by atoms with Crippen LogP contribution in [-0.2, 0) is 9.47 Å². The second kappa shape index (κ2) is 4.04. The monoisotopic (exact) mass is 216 g/mol. The van der Waals surface area contributed by atoms with Gasteiger partial charge in [0.25, 0.3) is 0 Å². The molecule has 0 N–H and O–H groups in total. The van der Waals surface area contributed by atoms with Crippen LogP contribution in [-0.4, -0.2) is 26.4 Å². The molecule has 2 aliphatic rings. The standard InChI is InChI=1S/C14H16O2/c1-15-9-12-13(10-5-3-2-4-6-10)11-7-8-16-14(11)12/h2-6,11,14H,7-9H2,1H3. The Morgan fingerprint density at radius 2 is 2.12 bits per heavy atom. The maximum Gasteiger partial charge on any atom is 0.0882 e. The van der Waals surface area contributed by atoms with Gasteiger partial charge in [0, 0.05) is 19.6 Å². The average molecular weight is 216 g/mol. The van der Waals surface area contributed by atoms with E-state index >= 15 is 0 Å². The lowest BCUT2D eigenvalue weighted by Gasteiger charge is -2.36. The van der Waals surface area contributed by atoms with Crippen molar-refractivity contribution in [2.75, 3.05) is 20.3 Å². The van der Waals surface area contributed by atoms with Gasteiger partial charge in [0.1, 0.15) is 0 Å². The third-order valence-corrected chi connectivity index (χ3v) is 3.54. The van der Waals surface area contributed by atoms with Crippen LogP contribution in [0.5, 0.6) is 0 Å². The van der Waals surface area contributed by atoms with Crippen molar-refractivity contribution in [2.24, 2.45) is 5.92 Å². The second-order valence-electron chi connectivity index (χ2n) is 4.42. The minimum Gasteiger partial charge on any atom is -0.380 e. The van der Waals surface area contributed by atoms with E-state index in [9.17, 15) is 0 Å². The number of fused-ring (bicyclic) bond motifs is 1. The predicted octanol–water partition coefficient (Wildman–Crippen LogP) is 2.51. The molecule has 1 saturated heterocycles. The van der Waals surface area contributed by atoms with Gasteiger partial charge < -0.3 is 9.47 Å². The third kappa shape index (κ3) is 1.41. The molecule has 0 amide bonds. The molecular formula is C14H16O2. The summed E-state index contributed by atoms with van der Waals surface area (Å²) in [5, 5.41) is 0. The lowest BCUT2D eigenvalue weighted by atomic mass is 9.71. The summed E-state index contributed by atoms with van der Waals surface area (Å²) in [7, 11) is 1.75. The predicted molar refractivity (Wildman–Crippen MR) is 63.1 cm³/mol. The molecule has 1 heterocycles. The van der Waals surface area contributed by atoms with Gasteiger partial charge in [-0.25, -0.2) is 0 Å². The van der Waals surface area contributed by atoms with Crippen molar-refractivity contribution in [3.8, 4) is 0 Å². The maximum absolute atomic E-state index is 5.73. The minimum absolute atomic E-state index is 0.329. The van der Waals surface area contributed by atoms with Gasteiger partial charge in [-0.05, 0) is 23.1 Å². The molecule has 84 valence electrons. The van der Waals surface area contributed by atoms with Crippen molar-refractivity contribution in [1.82, 2.24) is 0 Å². The van der Waals surface area contributed by atoms with Gasteiger partial charge in [-0.2, -0.15) is 0 Å². The third-order valence-electron chi connectivity index (χ3n) is 3.54. The fourth-order valence-electron chi connectivity index (χ4n) is 2.86. The Morgan fingerprint density at radius 1 is 1.31 bits per heavy atom. The molecule has 1 fully saturated rings. The zero-order valence-corrected chi connectivity index (χ0v) is 9.48. The van der Waals surface area contributed by atoms with Gasteiger partial charge >= 0.3 is 0 Å². The van der Waals surface area contributed by atoms with Gasteiger partial charge in [-0.15, -0.1) is 0 Å². The van der Waals surface area contributed by atoms with Crippen molar-refractivity contribution in [3.05, 3.63) is 41.5 Å². The van der Waals surface area contributed by atoms with E-state index in [0.717, 1.165) is 13.0 Å². The summed E-state index contributed by atoms with van der Waals surface area (Å²) < 4.78 is 11.0. The molecule has 2 unspecified atom stereocenters. The van der Waals surface area contributed by atoms with E-state index in [1.165, 1.54) is 16.7 Å². The van der Waals surface area contributed by atoms with Gasteiger partial charge in [0.2, 0.25) is 0 Å². The van der Waals surface area contributed by atoms with E-state index in [-0.39, 0.29) is 0 Å². The van der Waals surface area contributed by atoms with Gasteiger partial charge in [0.15, 0.2) is 0 Å². The fourth-order valence-corrected chi connectivity index (χ4v) is 2.86. The highest BCUT2D eigenvalue weighted by Gasteiger charge is 2.44. The number of benzene rings is 1. The van der Waals surface area contributed by atoms with Crippen LogP contribution in [0.1, 0.15) is 12.0 Å². The summed E-state index contributed by atoms with van der Waals surface area (Å²) in [6, 6.07) is 10.6. The molecule has 0 bridgehead atoms. The van der Waals surface area contributed by atoms with Crippen LogP contribution in [0.3, 0.4) is 0 Å². The summed E-state index contributed by atoms with van der Waals surface area (Å²) >= 11 is 0. The summed E-state index contributed by atoms with van der Waals surface area (Å²) in [5.74, 6) is 0.604. The van der Waals surface area contributed by atoms with Crippen LogP contribution in [0.15, 0.2) is 35.9 Å². The van der Waals surface area contributed by atoms with Crippen LogP contribution >= 0.6 is 0 Å². The van der Waals surface area contributed by atoms with E-state index in [2.05, 4.69) is 30.3 Å². The number of hydrogen-bond acceptors (Lipinski definition) is 2. The van der Waals surface area contributed by atoms with Crippen molar-refractivity contribution in [1.29, 1.82) is 0 Å². The van der Waals surface area contributed by atoms with E-state index in [1.807, 2.05) is 0 Å². The summed E-state index contributed by atoms with van der Waals surface area (Å²) in [6.45, 7) is 1.59. The molecule has 0 radical (unpaired) electrons. The highest BCUT2D eigenvalue weighted by molar-refractivity contribution is 5.78. The van der Waals surface area contributed by atoms with E-state index in [4.69, 9.17) is 9.47 Å². The number of rotatable bonds is 3. The lowest BCUT2D eigenvalue weighted by Crippen LogP contribution is -2.34. The lowest BCUT2D eigenvalue weighted by molar-refractivity contribution is 0.0968. The Hall–Kier alpha value is -1.12. The first-order valence-electron chi connectivity index (χ1n) is 5.80. The van der Waals surface area contributed by atoms with Gasteiger partial charge in [-0.3, -0.25) is 0 Å². The van der Waals surface area contributed by atoms with Crippen LogP contribution in [0.2, 0.25) is 0 Å². The highest BCUT2D eigenvalue weighted by Crippen LogP contribution is 2.48. The second-order valence-corrected chi connectivity index (χ2v) is 4.42. The Bertz CT molecular complexity index is 408. The van der Waals surface area contributed by atoms with Crippen molar-refractivity contribution >= 4 is 5.57 Å². The van der Waals surface area contributed by atoms with Crippen LogP contribution in [0.4, 0.5) is 0 Å². The van der Waals surface area contributed by atoms with Crippen LogP contribution in [0, 0.1) is 5.92 Å². The zero-order valence-electron chi connectivity index (χ0n) is 9.48. The summed E-state index contributed by atoms with van der Waals surface area (Å²) in [5.41, 5.74) is 4.14. The van der Waals surface area contributed by atoms with Crippen LogP contribution < -0.4 is 0 Å². The Balaban J connectivity index is 1.97. The number of methoxy groups -OCH3 is 1. The van der Waals surface area contributed by atoms with Gasteiger partial charge in [-0.1, -0.05) is 30.3 Å². The highest BCUT2D eigenvalue weighted by atomic mass is 16.5. The molecule has 1 aromatic carbocycles. The average Bonchev–Trinajstić information content (AvgIpc) is 2.72. The molecule has 2 heteroatoms. The molecule has 1 aliphatic carbocycles. The van der Waals surface area contributed by atoms with E-state index in [1.54, 1.807) is 7.11 Å². The SMILES string of the molecule is COCC1=C(c2ccccc2)C2CCOC12. The van der Waals surface area contributed by atoms with E-state index in [0.29, 0.717) is 18.6 Å². The normalized spacial score (nSPS) is 27.8. The molecule has 2 atom stereocenters. The summed E-state index contributed by atoms with van der Waals surface area (Å²) in [4.78, 5) is 0. The largest absolute Gasteiger partial charge is 0.380 e.